The van der Waals surface area contributed by atoms with Gasteiger partial charge in [0.15, 0.2) is 5.69 Å². The van der Waals surface area contributed by atoms with Gasteiger partial charge in [-0.25, -0.2) is 4.79 Å². The van der Waals surface area contributed by atoms with Crippen molar-refractivity contribution in [3.8, 4) is 0 Å². The molecule has 0 saturated heterocycles. The summed E-state index contributed by atoms with van der Waals surface area (Å²) < 4.78 is 0. The average molecular weight is 295 g/mol. The molecule has 0 atom stereocenters. The zero-order valence-corrected chi connectivity index (χ0v) is 11.5. The first kappa shape index (κ1) is 13.8. The average Bonchev–Trinajstić information content (AvgIpc) is 2.97. The van der Waals surface area contributed by atoms with Crippen LogP contribution >= 0.6 is 0 Å². The molecule has 3 N–H and O–H groups in total. The molecule has 2 aromatic carbocycles. The topological polar surface area (TPSA) is 95.1 Å². The van der Waals surface area contributed by atoms with Crippen LogP contribution in [-0.4, -0.2) is 27.2 Å². The van der Waals surface area contributed by atoms with Crippen LogP contribution in [0.2, 0.25) is 0 Å². The summed E-state index contributed by atoms with van der Waals surface area (Å²) in [5.41, 5.74) is 2.18. The summed E-state index contributed by atoms with van der Waals surface area (Å²) in [5, 5.41) is 19.2. The second kappa shape index (κ2) is 5.69. The maximum atomic E-state index is 12.2. The van der Waals surface area contributed by atoms with Gasteiger partial charge in [0.1, 0.15) is 0 Å². The third-order valence-corrected chi connectivity index (χ3v) is 3.34. The number of carboxylic acid groups (broad SMARTS) is 1. The zero-order chi connectivity index (χ0) is 15.5. The van der Waals surface area contributed by atoms with E-state index < -0.39 is 5.97 Å². The Morgan fingerprint density at radius 1 is 1.09 bits per heavy atom. The molecule has 0 saturated carbocycles. The lowest BCUT2D eigenvalue weighted by atomic mass is 10.1. The lowest BCUT2D eigenvalue weighted by molar-refractivity contribution is 0.0696. The van der Waals surface area contributed by atoms with E-state index in [1.807, 2.05) is 24.3 Å². The largest absolute Gasteiger partial charge is 0.478 e. The third-order valence-electron chi connectivity index (χ3n) is 3.34. The highest BCUT2D eigenvalue weighted by Crippen LogP contribution is 2.15. The molecular weight excluding hydrogens is 282 g/mol. The van der Waals surface area contributed by atoms with Crippen molar-refractivity contribution in [3.63, 3.8) is 0 Å². The van der Waals surface area contributed by atoms with Gasteiger partial charge >= 0.3 is 5.97 Å². The van der Waals surface area contributed by atoms with E-state index in [0.717, 1.165) is 16.5 Å². The summed E-state index contributed by atoms with van der Waals surface area (Å²) in [6.45, 7) is 0.305. The molecule has 0 unspecified atom stereocenters. The van der Waals surface area contributed by atoms with Gasteiger partial charge in [-0.15, -0.1) is 0 Å². The van der Waals surface area contributed by atoms with Crippen LogP contribution in [0.4, 0.5) is 0 Å². The van der Waals surface area contributed by atoms with Crippen molar-refractivity contribution in [2.75, 3.05) is 0 Å². The number of carbonyl (C=O) groups excluding carboxylic acids is 1. The van der Waals surface area contributed by atoms with Crippen LogP contribution in [0.1, 0.15) is 26.4 Å². The molecule has 0 radical (unpaired) electrons. The van der Waals surface area contributed by atoms with Crippen LogP contribution in [0, 0.1) is 0 Å². The number of hydrogen-bond acceptors (Lipinski definition) is 3. The molecule has 0 aliphatic heterocycles. The van der Waals surface area contributed by atoms with Gasteiger partial charge < -0.3 is 10.4 Å². The molecular formula is C16H13N3O3. The number of aromatic carboxylic acids is 1. The van der Waals surface area contributed by atoms with Crippen molar-refractivity contribution in [2.45, 2.75) is 6.54 Å². The maximum absolute atomic E-state index is 12.2. The first-order valence-electron chi connectivity index (χ1n) is 6.68. The quantitative estimate of drug-likeness (QED) is 0.687. The maximum Gasteiger partial charge on any atom is 0.335 e. The van der Waals surface area contributed by atoms with Crippen LogP contribution in [0.3, 0.4) is 0 Å². The van der Waals surface area contributed by atoms with Crippen molar-refractivity contribution < 1.29 is 14.7 Å². The van der Waals surface area contributed by atoms with Crippen molar-refractivity contribution in [1.82, 2.24) is 15.5 Å². The SMILES string of the molecule is O=C(O)c1ccc(CNC(=O)c2n[nH]c3ccccc23)cc1. The summed E-state index contributed by atoms with van der Waals surface area (Å²) in [5.74, 6) is -1.25. The lowest BCUT2D eigenvalue weighted by Crippen LogP contribution is -2.23. The predicted molar refractivity (Wildman–Crippen MR) is 80.7 cm³/mol. The van der Waals surface area contributed by atoms with E-state index in [2.05, 4.69) is 15.5 Å². The first-order valence-corrected chi connectivity index (χ1v) is 6.68. The van der Waals surface area contributed by atoms with Crippen LogP contribution in [0.25, 0.3) is 10.9 Å². The van der Waals surface area contributed by atoms with E-state index in [1.165, 1.54) is 12.1 Å². The Bertz CT molecular complexity index is 837. The number of para-hydroxylation sites is 1. The number of hydrogen-bond donors (Lipinski definition) is 3. The van der Waals surface area contributed by atoms with Crippen LogP contribution in [0.15, 0.2) is 48.5 Å². The number of aromatic amines is 1. The van der Waals surface area contributed by atoms with Crippen molar-refractivity contribution >= 4 is 22.8 Å². The fraction of sp³-hybridized carbons (Fsp3) is 0.0625. The summed E-state index contributed by atoms with van der Waals surface area (Å²) in [4.78, 5) is 23.0. The Labute approximate surface area is 125 Å². The normalized spacial score (nSPS) is 10.5. The van der Waals surface area contributed by atoms with E-state index >= 15 is 0 Å². The number of nitrogens with zero attached hydrogens (tertiary/aromatic N) is 1. The summed E-state index contributed by atoms with van der Waals surface area (Å²) >= 11 is 0. The highest BCUT2D eigenvalue weighted by Gasteiger charge is 2.13. The molecule has 0 aliphatic rings. The Balaban J connectivity index is 1.71. The monoisotopic (exact) mass is 295 g/mol. The highest BCUT2D eigenvalue weighted by molar-refractivity contribution is 6.04. The molecule has 6 nitrogen and oxygen atoms in total. The number of aromatic nitrogens is 2. The molecule has 1 amide bonds. The van der Waals surface area contributed by atoms with E-state index in [0.29, 0.717) is 12.2 Å². The van der Waals surface area contributed by atoms with E-state index in [-0.39, 0.29) is 11.5 Å². The lowest BCUT2D eigenvalue weighted by Gasteiger charge is -2.04. The van der Waals surface area contributed by atoms with Gasteiger partial charge in [-0.1, -0.05) is 30.3 Å². The predicted octanol–water partition coefficient (Wildman–Crippen LogP) is 2.19. The van der Waals surface area contributed by atoms with Crippen molar-refractivity contribution in [2.24, 2.45) is 0 Å². The summed E-state index contributed by atoms with van der Waals surface area (Å²) in [6.07, 6.45) is 0. The molecule has 22 heavy (non-hydrogen) atoms. The fourth-order valence-electron chi connectivity index (χ4n) is 2.17. The van der Waals surface area contributed by atoms with Crippen LogP contribution < -0.4 is 5.32 Å². The van der Waals surface area contributed by atoms with Crippen molar-refractivity contribution in [1.29, 1.82) is 0 Å². The molecule has 0 bridgehead atoms. The second-order valence-corrected chi connectivity index (χ2v) is 4.80. The summed E-state index contributed by atoms with van der Waals surface area (Å²) in [6, 6.07) is 13.8. The number of amides is 1. The number of carbonyl (C=O) groups is 2. The Hall–Kier alpha value is -3.15. The van der Waals surface area contributed by atoms with Crippen LogP contribution in [-0.2, 0) is 6.54 Å². The molecule has 3 aromatic rings. The Morgan fingerprint density at radius 3 is 2.55 bits per heavy atom. The number of carboxylic acids is 1. The minimum atomic E-state index is -0.974. The zero-order valence-electron chi connectivity index (χ0n) is 11.5. The smallest absolute Gasteiger partial charge is 0.335 e. The summed E-state index contributed by atoms with van der Waals surface area (Å²) in [7, 11) is 0. The number of rotatable bonds is 4. The van der Waals surface area contributed by atoms with E-state index in [1.54, 1.807) is 12.1 Å². The molecule has 0 spiro atoms. The standard InChI is InChI=1S/C16H13N3O3/c20-15(14-12-3-1-2-4-13(12)18-19-14)17-9-10-5-7-11(8-6-10)16(21)22/h1-8H,9H2,(H,17,20)(H,18,19)(H,21,22). The van der Waals surface area contributed by atoms with E-state index in [4.69, 9.17) is 5.11 Å². The van der Waals surface area contributed by atoms with Crippen molar-refractivity contribution in [3.05, 3.63) is 65.4 Å². The Morgan fingerprint density at radius 2 is 1.82 bits per heavy atom. The third kappa shape index (κ3) is 2.67. The second-order valence-electron chi connectivity index (χ2n) is 4.80. The fourth-order valence-corrected chi connectivity index (χ4v) is 2.17. The molecule has 0 aliphatic carbocycles. The number of nitrogens with one attached hydrogen (secondary N) is 2. The van der Waals surface area contributed by atoms with Gasteiger partial charge in [0, 0.05) is 11.9 Å². The number of H-pyrrole nitrogens is 1. The number of benzene rings is 2. The van der Waals surface area contributed by atoms with Gasteiger partial charge in [0.05, 0.1) is 11.1 Å². The van der Waals surface area contributed by atoms with Gasteiger partial charge in [-0.2, -0.15) is 5.10 Å². The van der Waals surface area contributed by atoms with Gasteiger partial charge in [-0.05, 0) is 23.8 Å². The molecule has 110 valence electrons. The van der Waals surface area contributed by atoms with Crippen LogP contribution in [0.5, 0.6) is 0 Å². The number of fused-ring (bicyclic) bond motifs is 1. The van der Waals surface area contributed by atoms with Gasteiger partial charge in [0.25, 0.3) is 5.91 Å². The van der Waals surface area contributed by atoms with Gasteiger partial charge in [-0.3, -0.25) is 9.89 Å². The Kier molecular flexibility index (Phi) is 3.57. The minimum absolute atomic E-state index is 0.216. The molecule has 3 rings (SSSR count). The first-order chi connectivity index (χ1) is 10.6. The van der Waals surface area contributed by atoms with E-state index in [9.17, 15) is 9.59 Å². The highest BCUT2D eigenvalue weighted by atomic mass is 16.4. The minimum Gasteiger partial charge on any atom is -0.478 e. The van der Waals surface area contributed by atoms with Gasteiger partial charge in [0.2, 0.25) is 0 Å². The molecule has 1 aromatic heterocycles. The molecule has 0 fully saturated rings. The molecule has 6 heteroatoms. The molecule has 1 heterocycles.